The van der Waals surface area contributed by atoms with Gasteiger partial charge in [-0.3, -0.25) is 9.78 Å². The minimum Gasteiger partial charge on any atom is -0.492 e. The number of benzene rings is 1. The molecule has 0 bridgehead atoms. The van der Waals surface area contributed by atoms with Crippen molar-refractivity contribution >= 4 is 17.1 Å². The van der Waals surface area contributed by atoms with E-state index in [0.717, 1.165) is 11.1 Å². The molecular formula is C23H22N4O3. The number of aryl methyl sites for hydroxylation is 1. The Morgan fingerprint density at radius 3 is 2.67 bits per heavy atom. The van der Waals surface area contributed by atoms with Crippen LogP contribution in [0.25, 0.3) is 5.52 Å². The normalized spacial score (nSPS) is 11.1. The van der Waals surface area contributed by atoms with Crippen molar-refractivity contribution < 1.29 is 14.6 Å². The molecule has 3 aromatic heterocycles. The fourth-order valence-corrected chi connectivity index (χ4v) is 3.32. The second-order valence-corrected chi connectivity index (χ2v) is 7.33. The highest BCUT2D eigenvalue weighted by molar-refractivity contribution is 6.11. The number of aromatic nitrogens is 3. The Balaban J connectivity index is 1.69. The van der Waals surface area contributed by atoms with Crippen molar-refractivity contribution in [3.05, 3.63) is 77.7 Å². The summed E-state index contributed by atoms with van der Waals surface area (Å²) < 4.78 is 7.48. The predicted octanol–water partition coefficient (Wildman–Crippen LogP) is 4.91. The van der Waals surface area contributed by atoms with Crippen LogP contribution in [0.5, 0.6) is 17.4 Å². The highest BCUT2D eigenvalue weighted by Gasteiger charge is 2.21. The molecule has 4 rings (SSSR count). The molecule has 2 N–H and O–H groups in total. The second-order valence-electron chi connectivity index (χ2n) is 7.33. The number of amides is 1. The van der Waals surface area contributed by atoms with E-state index in [9.17, 15) is 9.90 Å². The fraction of sp³-hybridized carbons (Fsp3) is 0.174. The van der Waals surface area contributed by atoms with Crippen molar-refractivity contribution in [1.82, 2.24) is 14.6 Å². The molecule has 0 saturated heterocycles. The maximum absolute atomic E-state index is 13.0. The molecular weight excluding hydrogens is 380 g/mol. The fourth-order valence-electron chi connectivity index (χ4n) is 3.32. The standard InChI is InChI=1S/C23H22N4O3/c1-14(2)17-13-20(30-16-7-9-24-10-8-16)15(3)12-18(17)25-22(28)21-19-6-4-5-11-27(19)26-23(21)29/h4-14H,1-3H3,(H,25,28)(H,26,29). The minimum absolute atomic E-state index is 0.137. The van der Waals surface area contributed by atoms with E-state index >= 15 is 0 Å². The van der Waals surface area contributed by atoms with Crippen molar-refractivity contribution in [1.29, 1.82) is 0 Å². The molecule has 0 atom stereocenters. The third-order valence-corrected chi connectivity index (χ3v) is 4.84. The molecule has 0 fully saturated rings. The molecule has 0 aliphatic carbocycles. The Morgan fingerprint density at radius 2 is 1.93 bits per heavy atom. The van der Waals surface area contributed by atoms with Gasteiger partial charge < -0.3 is 15.2 Å². The zero-order valence-corrected chi connectivity index (χ0v) is 17.0. The molecule has 7 nitrogen and oxygen atoms in total. The summed E-state index contributed by atoms with van der Waals surface area (Å²) in [5.74, 6) is 0.813. The molecule has 152 valence electrons. The van der Waals surface area contributed by atoms with Crippen molar-refractivity contribution in [2.75, 3.05) is 5.32 Å². The van der Waals surface area contributed by atoms with Crippen LogP contribution in [0.3, 0.4) is 0 Å². The van der Waals surface area contributed by atoms with Gasteiger partial charge in [-0.05, 0) is 60.4 Å². The van der Waals surface area contributed by atoms with Gasteiger partial charge in [0.15, 0.2) is 0 Å². The van der Waals surface area contributed by atoms with Crippen molar-refractivity contribution in [2.45, 2.75) is 26.7 Å². The van der Waals surface area contributed by atoms with Crippen LogP contribution in [-0.4, -0.2) is 25.6 Å². The number of nitrogens with zero attached hydrogens (tertiary/aromatic N) is 3. The van der Waals surface area contributed by atoms with Crippen LogP contribution in [0.1, 0.15) is 41.3 Å². The van der Waals surface area contributed by atoms with Gasteiger partial charge >= 0.3 is 0 Å². The number of pyridine rings is 2. The van der Waals surface area contributed by atoms with Crippen LogP contribution in [0, 0.1) is 6.92 Å². The minimum atomic E-state index is -0.419. The van der Waals surface area contributed by atoms with Crippen LogP contribution in [0.4, 0.5) is 5.69 Å². The first-order chi connectivity index (χ1) is 14.4. The van der Waals surface area contributed by atoms with E-state index in [2.05, 4.69) is 15.4 Å². The van der Waals surface area contributed by atoms with Crippen LogP contribution >= 0.6 is 0 Å². The predicted molar refractivity (Wildman–Crippen MR) is 114 cm³/mol. The third-order valence-electron chi connectivity index (χ3n) is 4.84. The van der Waals surface area contributed by atoms with Crippen molar-refractivity contribution in [3.8, 4) is 17.4 Å². The van der Waals surface area contributed by atoms with Crippen molar-refractivity contribution in [3.63, 3.8) is 0 Å². The Hall–Kier alpha value is -3.87. The van der Waals surface area contributed by atoms with Gasteiger partial charge in [-0.1, -0.05) is 19.9 Å². The molecule has 0 aliphatic heterocycles. The molecule has 30 heavy (non-hydrogen) atoms. The lowest BCUT2D eigenvalue weighted by molar-refractivity contribution is 0.102. The van der Waals surface area contributed by atoms with Gasteiger partial charge in [0, 0.05) is 24.3 Å². The quantitative estimate of drug-likeness (QED) is 0.495. The summed E-state index contributed by atoms with van der Waals surface area (Å²) >= 11 is 0. The van der Waals surface area contributed by atoms with Crippen LogP contribution in [-0.2, 0) is 0 Å². The number of ether oxygens (including phenoxy) is 1. The van der Waals surface area contributed by atoms with Gasteiger partial charge in [0.25, 0.3) is 5.91 Å². The number of carbonyl (C=O) groups excluding carboxylic acids is 1. The summed E-state index contributed by atoms with van der Waals surface area (Å²) in [7, 11) is 0. The molecule has 0 spiro atoms. The summed E-state index contributed by atoms with van der Waals surface area (Å²) in [5, 5.41) is 17.1. The number of anilines is 1. The Bertz CT molecular complexity index is 1220. The number of hydrogen-bond donors (Lipinski definition) is 2. The van der Waals surface area contributed by atoms with Crippen LogP contribution in [0.15, 0.2) is 61.1 Å². The highest BCUT2D eigenvalue weighted by atomic mass is 16.5. The summed E-state index contributed by atoms with van der Waals surface area (Å²) in [6, 6.07) is 12.7. The molecule has 1 amide bonds. The molecule has 1 aromatic carbocycles. The summed E-state index contributed by atoms with van der Waals surface area (Å²) in [4.78, 5) is 17.0. The van der Waals surface area contributed by atoms with E-state index in [1.54, 1.807) is 48.9 Å². The second kappa shape index (κ2) is 7.87. The highest BCUT2D eigenvalue weighted by Crippen LogP contribution is 2.35. The lowest BCUT2D eigenvalue weighted by atomic mass is 9.98. The lowest BCUT2D eigenvalue weighted by Crippen LogP contribution is -2.14. The molecule has 0 saturated carbocycles. The Kier molecular flexibility index (Phi) is 5.10. The zero-order chi connectivity index (χ0) is 21.3. The van der Waals surface area contributed by atoms with E-state index < -0.39 is 5.91 Å². The van der Waals surface area contributed by atoms with E-state index in [1.165, 1.54) is 4.52 Å². The van der Waals surface area contributed by atoms with Gasteiger partial charge in [-0.25, -0.2) is 4.52 Å². The summed E-state index contributed by atoms with van der Waals surface area (Å²) in [6.45, 7) is 6.01. The van der Waals surface area contributed by atoms with E-state index in [4.69, 9.17) is 4.74 Å². The molecule has 7 heteroatoms. The smallest absolute Gasteiger partial charge is 0.263 e. The number of carbonyl (C=O) groups is 1. The zero-order valence-electron chi connectivity index (χ0n) is 17.0. The molecule has 0 radical (unpaired) electrons. The molecule has 4 aromatic rings. The van der Waals surface area contributed by atoms with E-state index in [-0.39, 0.29) is 17.4 Å². The van der Waals surface area contributed by atoms with Gasteiger partial charge in [-0.15, -0.1) is 5.10 Å². The largest absolute Gasteiger partial charge is 0.492 e. The van der Waals surface area contributed by atoms with Gasteiger partial charge in [0.2, 0.25) is 5.88 Å². The average molecular weight is 402 g/mol. The maximum atomic E-state index is 13.0. The first kappa shape index (κ1) is 19.4. The SMILES string of the molecule is Cc1cc(NC(=O)c2c(O)nn3ccccc23)c(C(C)C)cc1Oc1ccncc1. The molecule has 3 heterocycles. The van der Waals surface area contributed by atoms with Gasteiger partial charge in [-0.2, -0.15) is 0 Å². The number of aromatic hydroxyl groups is 1. The summed E-state index contributed by atoms with van der Waals surface area (Å²) in [6.07, 6.45) is 5.03. The topological polar surface area (TPSA) is 88.8 Å². The number of hydrogen-bond acceptors (Lipinski definition) is 5. The van der Waals surface area contributed by atoms with E-state index in [1.807, 2.05) is 32.9 Å². The van der Waals surface area contributed by atoms with Crippen LogP contribution in [0.2, 0.25) is 0 Å². The van der Waals surface area contributed by atoms with Crippen LogP contribution < -0.4 is 10.1 Å². The van der Waals surface area contributed by atoms with Gasteiger partial charge in [0.05, 0.1) is 5.52 Å². The molecule has 0 unspecified atom stereocenters. The van der Waals surface area contributed by atoms with E-state index in [0.29, 0.717) is 22.7 Å². The monoisotopic (exact) mass is 402 g/mol. The summed E-state index contributed by atoms with van der Waals surface area (Å²) in [5.41, 5.74) is 3.14. The number of rotatable bonds is 5. The average Bonchev–Trinajstić information content (AvgIpc) is 3.06. The third kappa shape index (κ3) is 3.69. The van der Waals surface area contributed by atoms with Gasteiger partial charge in [0.1, 0.15) is 17.1 Å². The Labute approximate surface area is 174 Å². The Morgan fingerprint density at radius 1 is 1.17 bits per heavy atom. The number of fused-ring (bicyclic) bond motifs is 1. The maximum Gasteiger partial charge on any atom is 0.263 e. The molecule has 0 aliphatic rings. The van der Waals surface area contributed by atoms with Crippen molar-refractivity contribution in [2.24, 2.45) is 0 Å². The first-order valence-electron chi connectivity index (χ1n) is 9.64. The number of nitrogens with one attached hydrogen (secondary N) is 1. The first-order valence-corrected chi connectivity index (χ1v) is 9.64. The lowest BCUT2D eigenvalue weighted by Gasteiger charge is -2.18.